The number of carbonyl (C=O) groups is 1. The van der Waals surface area contributed by atoms with Crippen LogP contribution in [0.2, 0.25) is 0 Å². The van der Waals surface area contributed by atoms with Crippen molar-refractivity contribution < 1.29 is 4.79 Å². The van der Waals surface area contributed by atoms with Crippen LogP contribution < -0.4 is 10.2 Å². The summed E-state index contributed by atoms with van der Waals surface area (Å²) < 4.78 is 0. The molecule has 1 aliphatic heterocycles. The Bertz CT molecular complexity index is 546. The van der Waals surface area contributed by atoms with Crippen LogP contribution in [0.4, 0.5) is 5.69 Å². The molecule has 1 heterocycles. The topological polar surface area (TPSA) is 32.3 Å². The van der Waals surface area contributed by atoms with Gasteiger partial charge in [0.2, 0.25) is 5.91 Å². The van der Waals surface area contributed by atoms with Crippen molar-refractivity contribution in [2.75, 3.05) is 11.9 Å². The van der Waals surface area contributed by atoms with E-state index in [4.69, 9.17) is 0 Å². The zero-order chi connectivity index (χ0) is 14.5. The van der Waals surface area contributed by atoms with E-state index in [1.165, 1.54) is 24.0 Å². The van der Waals surface area contributed by atoms with Gasteiger partial charge in [0.05, 0.1) is 5.41 Å². The highest BCUT2D eigenvalue weighted by Crippen LogP contribution is 2.41. The van der Waals surface area contributed by atoms with Crippen LogP contribution in [0, 0.1) is 0 Å². The first-order valence-corrected chi connectivity index (χ1v) is 7.57. The highest BCUT2D eigenvalue weighted by Gasteiger charge is 2.42. The molecule has 20 heavy (non-hydrogen) atoms. The van der Waals surface area contributed by atoms with Gasteiger partial charge < -0.3 is 10.2 Å². The van der Waals surface area contributed by atoms with Crippen molar-refractivity contribution in [3.05, 3.63) is 29.3 Å². The van der Waals surface area contributed by atoms with Crippen LogP contribution in [0.5, 0.6) is 0 Å². The van der Waals surface area contributed by atoms with Gasteiger partial charge in [0.15, 0.2) is 0 Å². The molecule has 3 heteroatoms. The van der Waals surface area contributed by atoms with Gasteiger partial charge in [-0.15, -0.1) is 0 Å². The highest BCUT2D eigenvalue weighted by molar-refractivity contribution is 6.07. The number of rotatable bonds is 4. The van der Waals surface area contributed by atoms with Gasteiger partial charge >= 0.3 is 0 Å². The molecule has 1 aromatic rings. The Balaban J connectivity index is 1.82. The third-order valence-electron chi connectivity index (χ3n) is 4.57. The van der Waals surface area contributed by atoms with Gasteiger partial charge in [-0.1, -0.05) is 12.1 Å². The summed E-state index contributed by atoms with van der Waals surface area (Å²) in [5.41, 5.74) is 3.15. The van der Waals surface area contributed by atoms with Crippen LogP contribution in [0.1, 0.15) is 44.7 Å². The number of carbonyl (C=O) groups excluding carboxylic acids is 1. The van der Waals surface area contributed by atoms with E-state index in [-0.39, 0.29) is 5.91 Å². The zero-order valence-electron chi connectivity index (χ0n) is 12.9. The predicted octanol–water partition coefficient (Wildman–Crippen LogP) is 2.62. The SMILES string of the molecule is CC(Cc1ccc2c(c1)C(C)(C)C(=O)N2C)NC1CC1. The van der Waals surface area contributed by atoms with Gasteiger partial charge in [-0.3, -0.25) is 4.79 Å². The lowest BCUT2D eigenvalue weighted by Gasteiger charge is -2.18. The maximum Gasteiger partial charge on any atom is 0.236 e. The maximum absolute atomic E-state index is 12.3. The second kappa shape index (κ2) is 4.59. The van der Waals surface area contributed by atoms with Crippen LogP contribution in [-0.4, -0.2) is 25.0 Å². The standard InChI is InChI=1S/C17H24N2O/c1-11(18-13-6-7-13)9-12-5-8-15-14(10-12)17(2,3)16(20)19(15)4/h5,8,10-11,13,18H,6-7,9H2,1-4H3. The van der Waals surface area contributed by atoms with E-state index >= 15 is 0 Å². The van der Waals surface area contributed by atoms with Crippen LogP contribution in [0.3, 0.4) is 0 Å². The predicted molar refractivity (Wildman–Crippen MR) is 82.2 cm³/mol. The maximum atomic E-state index is 12.3. The molecule has 0 radical (unpaired) electrons. The lowest BCUT2D eigenvalue weighted by atomic mass is 9.85. The molecule has 108 valence electrons. The van der Waals surface area contributed by atoms with Crippen LogP contribution in [0.15, 0.2) is 18.2 Å². The Morgan fingerprint density at radius 1 is 1.40 bits per heavy atom. The van der Waals surface area contributed by atoms with E-state index in [1.54, 1.807) is 4.90 Å². The molecule has 1 atom stereocenters. The quantitative estimate of drug-likeness (QED) is 0.914. The van der Waals surface area contributed by atoms with Crippen LogP contribution in [0.25, 0.3) is 0 Å². The van der Waals surface area contributed by atoms with Crippen molar-refractivity contribution in [2.45, 2.75) is 57.5 Å². The molecule has 1 unspecified atom stereocenters. The van der Waals surface area contributed by atoms with Gasteiger partial charge in [-0.05, 0) is 57.2 Å². The Morgan fingerprint density at radius 3 is 2.75 bits per heavy atom. The average Bonchev–Trinajstić information content (AvgIpc) is 3.17. The summed E-state index contributed by atoms with van der Waals surface area (Å²) in [7, 11) is 1.87. The number of amides is 1. The number of hydrogen-bond donors (Lipinski definition) is 1. The first-order chi connectivity index (χ1) is 9.39. The normalized spacial score (nSPS) is 22.0. The Kier molecular flexibility index (Phi) is 3.13. The van der Waals surface area contributed by atoms with Crippen molar-refractivity contribution in [1.82, 2.24) is 5.32 Å². The highest BCUT2D eigenvalue weighted by atomic mass is 16.2. The van der Waals surface area contributed by atoms with Gasteiger partial charge in [0.25, 0.3) is 0 Å². The lowest BCUT2D eigenvalue weighted by molar-refractivity contribution is -0.121. The summed E-state index contributed by atoms with van der Waals surface area (Å²) in [6, 6.07) is 7.72. The number of fused-ring (bicyclic) bond motifs is 1. The molecule has 1 N–H and O–H groups in total. The Morgan fingerprint density at radius 2 is 2.10 bits per heavy atom. The van der Waals surface area contributed by atoms with E-state index in [0.717, 1.165) is 18.2 Å². The third-order valence-corrected chi connectivity index (χ3v) is 4.57. The lowest BCUT2D eigenvalue weighted by Crippen LogP contribution is -2.33. The molecule has 1 saturated carbocycles. The van der Waals surface area contributed by atoms with Gasteiger partial charge in [-0.25, -0.2) is 0 Å². The first kappa shape index (κ1) is 13.6. The average molecular weight is 272 g/mol. The molecule has 1 aromatic carbocycles. The largest absolute Gasteiger partial charge is 0.314 e. The smallest absolute Gasteiger partial charge is 0.236 e. The molecule has 3 nitrogen and oxygen atoms in total. The molecule has 0 saturated heterocycles. The second-order valence-corrected chi connectivity index (χ2v) is 6.89. The Labute approximate surface area is 121 Å². The van der Waals surface area contributed by atoms with Gasteiger partial charge in [-0.2, -0.15) is 0 Å². The zero-order valence-corrected chi connectivity index (χ0v) is 12.9. The monoisotopic (exact) mass is 272 g/mol. The summed E-state index contributed by atoms with van der Waals surface area (Å²) >= 11 is 0. The number of benzene rings is 1. The van der Waals surface area contributed by atoms with Crippen molar-refractivity contribution >= 4 is 11.6 Å². The van der Waals surface area contributed by atoms with Crippen molar-refractivity contribution in [2.24, 2.45) is 0 Å². The van der Waals surface area contributed by atoms with Crippen LogP contribution >= 0.6 is 0 Å². The van der Waals surface area contributed by atoms with E-state index < -0.39 is 5.41 Å². The fourth-order valence-corrected chi connectivity index (χ4v) is 3.21. The summed E-state index contributed by atoms with van der Waals surface area (Å²) in [6.45, 7) is 6.29. The number of nitrogens with zero attached hydrogens (tertiary/aromatic N) is 1. The summed E-state index contributed by atoms with van der Waals surface area (Å²) in [5.74, 6) is 0.189. The third kappa shape index (κ3) is 2.24. The number of likely N-dealkylation sites (N-methyl/N-ethyl adjacent to an activating group) is 1. The molecule has 0 aromatic heterocycles. The minimum Gasteiger partial charge on any atom is -0.314 e. The number of nitrogens with one attached hydrogen (secondary N) is 1. The van der Waals surface area contributed by atoms with Gasteiger partial charge in [0.1, 0.15) is 0 Å². The molecule has 2 aliphatic rings. The summed E-state index contributed by atoms with van der Waals surface area (Å²) in [6.07, 6.45) is 3.67. The van der Waals surface area contributed by atoms with E-state index in [0.29, 0.717) is 6.04 Å². The van der Waals surface area contributed by atoms with E-state index in [9.17, 15) is 4.79 Å². The van der Waals surface area contributed by atoms with Crippen LogP contribution in [-0.2, 0) is 16.6 Å². The van der Waals surface area contributed by atoms with Crippen molar-refractivity contribution in [3.8, 4) is 0 Å². The van der Waals surface area contributed by atoms with Gasteiger partial charge in [0, 0.05) is 24.8 Å². The second-order valence-electron chi connectivity index (χ2n) is 6.89. The van der Waals surface area contributed by atoms with E-state index in [1.807, 2.05) is 20.9 Å². The molecular formula is C17H24N2O. The molecular weight excluding hydrogens is 248 g/mol. The van der Waals surface area contributed by atoms with Crippen molar-refractivity contribution in [3.63, 3.8) is 0 Å². The molecule has 3 rings (SSSR count). The minimum absolute atomic E-state index is 0.189. The Hall–Kier alpha value is -1.35. The fraction of sp³-hybridized carbons (Fsp3) is 0.588. The molecule has 1 aliphatic carbocycles. The number of anilines is 1. The van der Waals surface area contributed by atoms with Crippen molar-refractivity contribution in [1.29, 1.82) is 0 Å². The molecule has 0 spiro atoms. The fourth-order valence-electron chi connectivity index (χ4n) is 3.21. The molecule has 1 amide bonds. The summed E-state index contributed by atoms with van der Waals surface area (Å²) in [4.78, 5) is 14.1. The molecule has 0 bridgehead atoms. The first-order valence-electron chi connectivity index (χ1n) is 7.57. The minimum atomic E-state index is -0.396. The summed E-state index contributed by atoms with van der Waals surface area (Å²) in [5, 5.41) is 3.63. The molecule has 1 fully saturated rings. The van der Waals surface area contributed by atoms with E-state index in [2.05, 4.69) is 30.4 Å². The number of hydrogen-bond acceptors (Lipinski definition) is 2.